The van der Waals surface area contributed by atoms with Crippen LogP contribution in [0.2, 0.25) is 13.1 Å². The topological polar surface area (TPSA) is 0 Å². The summed E-state index contributed by atoms with van der Waals surface area (Å²) < 4.78 is 3.75. The third kappa shape index (κ3) is 4.87. The van der Waals surface area contributed by atoms with Gasteiger partial charge in [0.2, 0.25) is 0 Å². The van der Waals surface area contributed by atoms with Gasteiger partial charge in [0.15, 0.2) is 0 Å². The van der Waals surface area contributed by atoms with Crippen LogP contribution in [0.5, 0.6) is 0 Å². The number of allylic oxidation sites excluding steroid dienone is 3. The van der Waals surface area contributed by atoms with Gasteiger partial charge in [-0.1, -0.05) is 0 Å². The van der Waals surface area contributed by atoms with Crippen molar-refractivity contribution in [2.24, 2.45) is 0 Å². The Bertz CT molecular complexity index is 92.1. The Balaban J connectivity index is 3.58. The van der Waals surface area contributed by atoms with Crippen LogP contribution < -0.4 is 0 Å². The molecule has 0 spiro atoms. The van der Waals surface area contributed by atoms with E-state index in [2.05, 4.69) is 19.7 Å². The normalized spacial score (nSPS) is 9.30. The van der Waals surface area contributed by atoms with E-state index in [-0.39, 0.29) is 0 Å². The van der Waals surface area contributed by atoms with Crippen LogP contribution in [0.15, 0.2) is 38.0 Å². The fourth-order valence-electron chi connectivity index (χ4n) is 0.771. The molecule has 0 fully saturated rings. The zero-order valence-corrected chi connectivity index (χ0v) is 8.97. The molecule has 0 saturated heterocycles. The average Bonchev–Trinajstić information content (AvgIpc) is 1.90. The first-order chi connectivity index (χ1) is 4.85. The van der Waals surface area contributed by atoms with Crippen LogP contribution in [0.25, 0.3) is 0 Å². The van der Waals surface area contributed by atoms with Crippen LogP contribution in [0.3, 0.4) is 0 Å². The third-order valence-corrected chi connectivity index (χ3v) is 7.79. The fourth-order valence-corrected chi connectivity index (χ4v) is 5.17. The molecule has 0 aromatic carbocycles. The van der Waals surface area contributed by atoms with Crippen molar-refractivity contribution in [3.63, 3.8) is 0 Å². The summed E-state index contributed by atoms with van der Waals surface area (Å²) in [5.74, 6) is 0. The van der Waals surface area contributed by atoms with Gasteiger partial charge in [0.25, 0.3) is 0 Å². The van der Waals surface area contributed by atoms with Gasteiger partial charge in [-0.15, -0.1) is 0 Å². The summed E-state index contributed by atoms with van der Waals surface area (Å²) in [6.45, 7) is 11.2. The van der Waals surface area contributed by atoms with E-state index < -0.39 is 20.2 Å². The van der Waals surface area contributed by atoms with Crippen LogP contribution in [0.4, 0.5) is 0 Å². The zero-order valence-electron chi connectivity index (χ0n) is 6.42. The van der Waals surface area contributed by atoms with E-state index in [0.717, 1.165) is 0 Å². The minimum absolute atomic E-state index is 0.992. The van der Waals surface area contributed by atoms with Crippen molar-refractivity contribution >= 4 is 20.2 Å². The second-order valence-corrected chi connectivity index (χ2v) is 9.04. The molecule has 1 heteroatoms. The van der Waals surface area contributed by atoms with Crippen LogP contribution in [-0.2, 0) is 0 Å². The van der Waals surface area contributed by atoms with Crippen molar-refractivity contribution in [2.45, 2.75) is 13.1 Å². The van der Waals surface area contributed by atoms with Crippen molar-refractivity contribution in [3.05, 3.63) is 38.0 Å². The molecule has 0 amide bonds. The quantitative estimate of drug-likeness (QED) is 0.498. The van der Waals surface area contributed by atoms with Gasteiger partial charge in [0, 0.05) is 0 Å². The van der Waals surface area contributed by atoms with E-state index in [1.54, 1.807) is 0 Å². The van der Waals surface area contributed by atoms with Crippen molar-refractivity contribution in [1.29, 1.82) is 0 Å². The number of hydrogen-bond donors (Lipinski definition) is 0. The Morgan fingerprint density at radius 3 is 1.30 bits per heavy atom. The first-order valence-corrected chi connectivity index (χ1v) is 8.81. The Hall–Kier alpha value is 0.0382. The van der Waals surface area contributed by atoms with Gasteiger partial charge in [-0.2, -0.15) is 0 Å². The molecule has 0 unspecified atom stereocenters. The molecule has 0 radical (unpaired) electrons. The standard InChI is InChI=1S/3C3H5.Sb/c3*1-3-2;/h3*3H,1-2H2;. The van der Waals surface area contributed by atoms with E-state index in [4.69, 9.17) is 0 Å². The Labute approximate surface area is 71.3 Å². The zero-order chi connectivity index (χ0) is 7.82. The van der Waals surface area contributed by atoms with Crippen molar-refractivity contribution in [3.8, 4) is 0 Å². The fraction of sp³-hybridized carbons (Fsp3) is 0.333. The Kier molecular flexibility index (Phi) is 7.18. The molecule has 0 heterocycles. The summed E-state index contributed by atoms with van der Waals surface area (Å²) >= 11 is -0.992. The molecule has 0 aliphatic heterocycles. The van der Waals surface area contributed by atoms with Crippen LogP contribution in [0, 0.1) is 0 Å². The van der Waals surface area contributed by atoms with Gasteiger partial charge in [-0.25, -0.2) is 0 Å². The molecule has 0 aromatic heterocycles. The first kappa shape index (κ1) is 10.0. The molecular weight excluding hydrogens is 230 g/mol. The van der Waals surface area contributed by atoms with E-state index in [1.807, 2.05) is 18.2 Å². The van der Waals surface area contributed by atoms with Gasteiger partial charge in [0.05, 0.1) is 0 Å². The molecule has 0 aromatic rings. The van der Waals surface area contributed by atoms with Gasteiger partial charge in [-0.05, 0) is 0 Å². The molecule has 0 aliphatic carbocycles. The summed E-state index contributed by atoms with van der Waals surface area (Å²) in [7, 11) is 0. The van der Waals surface area contributed by atoms with E-state index in [9.17, 15) is 0 Å². The summed E-state index contributed by atoms with van der Waals surface area (Å²) in [6, 6.07) is 0. The summed E-state index contributed by atoms with van der Waals surface area (Å²) in [5.41, 5.74) is 0. The third-order valence-electron chi connectivity index (χ3n) is 1.16. The molecular formula is C9H15Sb. The molecule has 56 valence electrons. The van der Waals surface area contributed by atoms with Gasteiger partial charge in [-0.3, -0.25) is 0 Å². The minimum atomic E-state index is -0.992. The predicted octanol–water partition coefficient (Wildman–Crippen LogP) is 3.04. The molecule has 0 bridgehead atoms. The van der Waals surface area contributed by atoms with Crippen LogP contribution in [-0.4, -0.2) is 20.2 Å². The molecule has 0 rings (SSSR count). The maximum atomic E-state index is 3.74. The molecule has 0 saturated carbocycles. The Morgan fingerprint density at radius 2 is 1.10 bits per heavy atom. The molecule has 10 heavy (non-hydrogen) atoms. The maximum absolute atomic E-state index is 3.74. The number of hydrogen-bond acceptors (Lipinski definition) is 0. The number of rotatable bonds is 6. The summed E-state index contributed by atoms with van der Waals surface area (Å²) in [4.78, 5) is 0. The summed E-state index contributed by atoms with van der Waals surface area (Å²) in [5, 5.41) is 0. The predicted molar refractivity (Wildman–Crippen MR) is 50.8 cm³/mol. The first-order valence-electron chi connectivity index (χ1n) is 3.40. The van der Waals surface area contributed by atoms with Gasteiger partial charge in [0.1, 0.15) is 0 Å². The van der Waals surface area contributed by atoms with E-state index in [1.165, 1.54) is 13.1 Å². The monoisotopic (exact) mass is 244 g/mol. The van der Waals surface area contributed by atoms with Crippen molar-refractivity contribution in [1.82, 2.24) is 0 Å². The van der Waals surface area contributed by atoms with Gasteiger partial charge < -0.3 is 0 Å². The van der Waals surface area contributed by atoms with Crippen molar-refractivity contribution in [2.75, 3.05) is 0 Å². The van der Waals surface area contributed by atoms with Gasteiger partial charge >= 0.3 is 71.3 Å². The average molecular weight is 245 g/mol. The van der Waals surface area contributed by atoms with E-state index in [0.29, 0.717) is 0 Å². The molecule has 0 aliphatic rings. The SMILES string of the molecule is C=C[CH2][Sb]([CH2]C=C)[CH2]C=C. The molecule has 0 nitrogen and oxygen atoms in total. The van der Waals surface area contributed by atoms with Crippen molar-refractivity contribution < 1.29 is 0 Å². The summed E-state index contributed by atoms with van der Waals surface area (Å²) in [6.07, 6.45) is 6.11. The Morgan fingerprint density at radius 1 is 0.800 bits per heavy atom. The van der Waals surface area contributed by atoms with E-state index >= 15 is 0 Å². The second-order valence-electron chi connectivity index (χ2n) is 2.08. The second kappa shape index (κ2) is 7.15. The molecule has 0 N–H and O–H groups in total. The molecule has 0 atom stereocenters. The van der Waals surface area contributed by atoms with Crippen LogP contribution >= 0.6 is 0 Å². The van der Waals surface area contributed by atoms with Crippen LogP contribution in [0.1, 0.15) is 0 Å².